The van der Waals surface area contributed by atoms with E-state index in [1.54, 1.807) is 19.2 Å². The standard InChI is InChI=1S/C10H12N4O/c1-12-10(15)4-5-13-9-3-2-8(6-11)7-14-9/h2-3,7H,4-5H2,1H3,(H,12,15)(H,13,14). The highest BCUT2D eigenvalue weighted by molar-refractivity contribution is 5.76. The summed E-state index contributed by atoms with van der Waals surface area (Å²) in [5.74, 6) is 0.647. The molecule has 0 aliphatic rings. The zero-order valence-corrected chi connectivity index (χ0v) is 8.45. The quantitative estimate of drug-likeness (QED) is 0.748. The molecule has 78 valence electrons. The van der Waals surface area contributed by atoms with Crippen molar-refractivity contribution in [3.05, 3.63) is 23.9 Å². The van der Waals surface area contributed by atoms with E-state index in [1.807, 2.05) is 6.07 Å². The summed E-state index contributed by atoms with van der Waals surface area (Å²) in [5, 5.41) is 14.1. The SMILES string of the molecule is CNC(=O)CCNc1ccc(C#N)cn1. The summed E-state index contributed by atoms with van der Waals surface area (Å²) in [5.41, 5.74) is 0.520. The van der Waals surface area contributed by atoms with Crippen LogP contribution >= 0.6 is 0 Å². The molecule has 1 amide bonds. The van der Waals surface area contributed by atoms with Crippen molar-refractivity contribution < 1.29 is 4.79 Å². The molecule has 15 heavy (non-hydrogen) atoms. The van der Waals surface area contributed by atoms with Crippen LogP contribution in [0.2, 0.25) is 0 Å². The summed E-state index contributed by atoms with van der Waals surface area (Å²) < 4.78 is 0. The lowest BCUT2D eigenvalue weighted by atomic mass is 10.3. The molecule has 2 N–H and O–H groups in total. The van der Waals surface area contributed by atoms with Gasteiger partial charge < -0.3 is 10.6 Å². The summed E-state index contributed by atoms with van der Waals surface area (Å²) in [6.45, 7) is 0.526. The van der Waals surface area contributed by atoms with Crippen molar-refractivity contribution in [1.82, 2.24) is 10.3 Å². The molecule has 0 aromatic carbocycles. The van der Waals surface area contributed by atoms with E-state index in [4.69, 9.17) is 5.26 Å². The first kappa shape index (κ1) is 11.0. The van der Waals surface area contributed by atoms with Gasteiger partial charge >= 0.3 is 0 Å². The maximum Gasteiger partial charge on any atom is 0.221 e. The van der Waals surface area contributed by atoms with Crippen LogP contribution < -0.4 is 10.6 Å². The fraction of sp³-hybridized carbons (Fsp3) is 0.300. The second kappa shape index (κ2) is 5.60. The Labute approximate surface area is 88.1 Å². The van der Waals surface area contributed by atoms with Gasteiger partial charge in [-0.15, -0.1) is 0 Å². The van der Waals surface area contributed by atoms with Gasteiger partial charge in [0.15, 0.2) is 0 Å². The fourth-order valence-electron chi connectivity index (χ4n) is 0.994. The molecule has 0 spiro atoms. The van der Waals surface area contributed by atoms with E-state index >= 15 is 0 Å². The minimum absolute atomic E-state index is 0.0175. The van der Waals surface area contributed by atoms with Crippen LogP contribution in [0.25, 0.3) is 0 Å². The highest BCUT2D eigenvalue weighted by Crippen LogP contribution is 2.03. The third-order valence-electron chi connectivity index (χ3n) is 1.83. The van der Waals surface area contributed by atoms with Gasteiger partial charge in [-0.1, -0.05) is 0 Å². The summed E-state index contributed by atoms with van der Waals surface area (Å²) in [6, 6.07) is 5.37. The second-order valence-electron chi connectivity index (χ2n) is 2.89. The van der Waals surface area contributed by atoms with Gasteiger partial charge in [-0.05, 0) is 12.1 Å². The number of hydrogen-bond donors (Lipinski definition) is 2. The Morgan fingerprint density at radius 1 is 1.60 bits per heavy atom. The first-order chi connectivity index (χ1) is 7.26. The fourth-order valence-corrected chi connectivity index (χ4v) is 0.994. The van der Waals surface area contributed by atoms with Crippen LogP contribution in [-0.4, -0.2) is 24.5 Å². The number of rotatable bonds is 4. The molecule has 0 saturated carbocycles. The Hall–Kier alpha value is -2.09. The lowest BCUT2D eigenvalue weighted by molar-refractivity contribution is -0.120. The minimum Gasteiger partial charge on any atom is -0.370 e. The van der Waals surface area contributed by atoms with Crippen LogP contribution in [0.15, 0.2) is 18.3 Å². The average Bonchev–Trinajstić information content (AvgIpc) is 2.29. The summed E-state index contributed by atoms with van der Waals surface area (Å²) >= 11 is 0. The number of carbonyl (C=O) groups is 1. The van der Waals surface area contributed by atoms with E-state index in [9.17, 15) is 4.79 Å². The molecule has 5 heteroatoms. The number of aromatic nitrogens is 1. The lowest BCUT2D eigenvalue weighted by Crippen LogP contribution is -2.20. The normalized spacial score (nSPS) is 9.07. The highest BCUT2D eigenvalue weighted by atomic mass is 16.1. The van der Waals surface area contributed by atoms with Crippen molar-refractivity contribution in [1.29, 1.82) is 5.26 Å². The van der Waals surface area contributed by atoms with Crippen LogP contribution in [0.3, 0.4) is 0 Å². The number of pyridine rings is 1. The number of carbonyl (C=O) groups excluding carboxylic acids is 1. The van der Waals surface area contributed by atoms with Gasteiger partial charge in [0, 0.05) is 26.2 Å². The Bertz CT molecular complexity index is 366. The van der Waals surface area contributed by atoms with Crippen molar-refractivity contribution in [3.63, 3.8) is 0 Å². The number of nitrogens with one attached hydrogen (secondary N) is 2. The number of amides is 1. The molecular formula is C10H12N4O. The Morgan fingerprint density at radius 3 is 2.93 bits per heavy atom. The van der Waals surface area contributed by atoms with Crippen molar-refractivity contribution in [2.45, 2.75) is 6.42 Å². The molecular weight excluding hydrogens is 192 g/mol. The number of nitriles is 1. The molecule has 1 heterocycles. The highest BCUT2D eigenvalue weighted by Gasteiger charge is 1.98. The van der Waals surface area contributed by atoms with Crippen molar-refractivity contribution >= 4 is 11.7 Å². The van der Waals surface area contributed by atoms with Gasteiger partial charge in [-0.25, -0.2) is 4.98 Å². The molecule has 0 saturated heterocycles. The molecule has 0 bridgehead atoms. The molecule has 0 aliphatic carbocycles. The second-order valence-corrected chi connectivity index (χ2v) is 2.89. The Balaban J connectivity index is 2.38. The van der Waals surface area contributed by atoms with E-state index in [0.29, 0.717) is 24.3 Å². The molecule has 0 radical (unpaired) electrons. The maximum atomic E-state index is 10.9. The van der Waals surface area contributed by atoms with E-state index in [0.717, 1.165) is 0 Å². The topological polar surface area (TPSA) is 77.8 Å². The summed E-state index contributed by atoms with van der Waals surface area (Å²) in [4.78, 5) is 14.9. The maximum absolute atomic E-state index is 10.9. The van der Waals surface area contributed by atoms with E-state index in [1.165, 1.54) is 6.20 Å². The van der Waals surface area contributed by atoms with Gasteiger partial charge in [0.1, 0.15) is 11.9 Å². The van der Waals surface area contributed by atoms with E-state index in [2.05, 4.69) is 15.6 Å². The molecule has 0 atom stereocenters. The first-order valence-corrected chi connectivity index (χ1v) is 4.57. The van der Waals surface area contributed by atoms with Crippen molar-refractivity contribution in [2.75, 3.05) is 18.9 Å². The minimum atomic E-state index is -0.0175. The van der Waals surface area contributed by atoms with Crippen LogP contribution in [0.4, 0.5) is 5.82 Å². The third kappa shape index (κ3) is 3.65. The lowest BCUT2D eigenvalue weighted by Gasteiger charge is -2.04. The Morgan fingerprint density at radius 2 is 2.40 bits per heavy atom. The van der Waals surface area contributed by atoms with Crippen LogP contribution in [0.1, 0.15) is 12.0 Å². The van der Waals surface area contributed by atoms with Crippen LogP contribution in [-0.2, 0) is 4.79 Å². The predicted octanol–water partition coefficient (Wildman–Crippen LogP) is 0.501. The van der Waals surface area contributed by atoms with Gasteiger partial charge in [-0.2, -0.15) is 5.26 Å². The number of nitrogens with zero attached hydrogens (tertiary/aromatic N) is 2. The molecule has 0 fully saturated rings. The zero-order valence-electron chi connectivity index (χ0n) is 8.45. The van der Waals surface area contributed by atoms with Gasteiger partial charge in [0.05, 0.1) is 5.56 Å². The van der Waals surface area contributed by atoms with Gasteiger partial charge in [-0.3, -0.25) is 4.79 Å². The molecule has 0 aliphatic heterocycles. The monoisotopic (exact) mass is 204 g/mol. The summed E-state index contributed by atoms with van der Waals surface area (Å²) in [6.07, 6.45) is 1.89. The molecule has 1 aromatic rings. The first-order valence-electron chi connectivity index (χ1n) is 4.57. The number of hydrogen-bond acceptors (Lipinski definition) is 4. The Kier molecular flexibility index (Phi) is 4.10. The smallest absolute Gasteiger partial charge is 0.221 e. The zero-order chi connectivity index (χ0) is 11.1. The van der Waals surface area contributed by atoms with Crippen LogP contribution in [0, 0.1) is 11.3 Å². The molecule has 0 unspecified atom stereocenters. The van der Waals surface area contributed by atoms with Gasteiger partial charge in [0.25, 0.3) is 0 Å². The molecule has 1 rings (SSSR count). The van der Waals surface area contributed by atoms with Crippen molar-refractivity contribution in [3.8, 4) is 6.07 Å². The third-order valence-corrected chi connectivity index (χ3v) is 1.83. The average molecular weight is 204 g/mol. The molecule has 1 aromatic heterocycles. The van der Waals surface area contributed by atoms with Crippen molar-refractivity contribution in [2.24, 2.45) is 0 Å². The summed E-state index contributed by atoms with van der Waals surface area (Å²) in [7, 11) is 1.60. The van der Waals surface area contributed by atoms with Crippen LogP contribution in [0.5, 0.6) is 0 Å². The van der Waals surface area contributed by atoms with E-state index < -0.39 is 0 Å². The van der Waals surface area contributed by atoms with E-state index in [-0.39, 0.29) is 5.91 Å². The number of anilines is 1. The molecule has 5 nitrogen and oxygen atoms in total. The van der Waals surface area contributed by atoms with Gasteiger partial charge in [0.2, 0.25) is 5.91 Å². The predicted molar refractivity (Wildman–Crippen MR) is 56.1 cm³/mol. The largest absolute Gasteiger partial charge is 0.370 e.